The van der Waals surface area contributed by atoms with Crippen molar-refractivity contribution in [2.45, 2.75) is 68.3 Å². The Labute approximate surface area is 240 Å². The molecule has 2 fully saturated rings. The van der Waals surface area contributed by atoms with Crippen LogP contribution in [0.25, 0.3) is 6.08 Å². The summed E-state index contributed by atoms with van der Waals surface area (Å²) >= 11 is 0. The van der Waals surface area contributed by atoms with Gasteiger partial charge in [0, 0.05) is 6.07 Å². The molecule has 0 saturated carbocycles. The van der Waals surface area contributed by atoms with Gasteiger partial charge in [-0.1, -0.05) is 12.1 Å². The Morgan fingerprint density at radius 2 is 1.52 bits per heavy atom. The number of hydrogen-bond donors (Lipinski definition) is 8. The number of aliphatic hydroxyl groups excluding tert-OH is 6. The van der Waals surface area contributed by atoms with Gasteiger partial charge in [0.15, 0.2) is 23.6 Å². The maximum absolute atomic E-state index is 12.6. The summed E-state index contributed by atoms with van der Waals surface area (Å²) in [6.07, 6.45) is -12.1. The van der Waals surface area contributed by atoms with Crippen LogP contribution in [0.4, 0.5) is 0 Å². The number of benzene rings is 2. The molecule has 2 aliphatic heterocycles. The molecular weight excluding hydrogens is 560 g/mol. The summed E-state index contributed by atoms with van der Waals surface area (Å²) in [5.74, 6) is -0.894. The SMILES string of the molecule is COc1ccc(/C=C/C(=O)c2ccc(O[C@@H]3O[C@H](CO[C@@H]4O[C@@H](C)[C@H](O)[C@@H](O)[C@H]4O)[C@@H](O)[C@H](O)[C@H]3O)cc2O)cc1O. The van der Waals surface area contributed by atoms with E-state index in [4.69, 9.17) is 23.7 Å². The maximum atomic E-state index is 12.6. The average molecular weight is 595 g/mol. The highest BCUT2D eigenvalue weighted by atomic mass is 16.7. The van der Waals surface area contributed by atoms with Gasteiger partial charge in [0.25, 0.3) is 0 Å². The van der Waals surface area contributed by atoms with Crippen LogP contribution in [0.2, 0.25) is 0 Å². The lowest BCUT2D eigenvalue weighted by molar-refractivity contribution is -0.318. The standard InChI is InChI=1S/C28H34O14/c1-12-21(32)23(34)25(36)27(40-12)39-11-20-22(33)24(35)26(37)28(42-20)41-14-5-6-15(17(30)10-14)16(29)7-3-13-4-8-19(38-2)18(31)9-13/h3-10,12,20-28,30-37H,11H2,1-2H3/b7-3+/t12-,20+,21-,22+,23+,24-,25+,26+,27+,28+/m0/s1. The molecule has 42 heavy (non-hydrogen) atoms. The van der Waals surface area contributed by atoms with Crippen LogP contribution in [0, 0.1) is 0 Å². The molecular formula is C28H34O14. The second kappa shape index (κ2) is 13.3. The van der Waals surface area contributed by atoms with Gasteiger partial charge >= 0.3 is 0 Å². The van der Waals surface area contributed by atoms with Gasteiger partial charge in [-0.25, -0.2) is 0 Å². The zero-order chi connectivity index (χ0) is 30.7. The molecule has 14 heteroatoms. The third-order valence-electron chi connectivity index (χ3n) is 7.02. The van der Waals surface area contributed by atoms with Crippen LogP contribution in [0.5, 0.6) is 23.0 Å². The fourth-order valence-corrected chi connectivity index (χ4v) is 4.49. The zero-order valence-corrected chi connectivity index (χ0v) is 22.6. The first-order valence-corrected chi connectivity index (χ1v) is 13.0. The Morgan fingerprint density at radius 3 is 2.19 bits per heavy atom. The van der Waals surface area contributed by atoms with E-state index >= 15 is 0 Å². The second-order valence-corrected chi connectivity index (χ2v) is 9.96. The molecule has 14 nitrogen and oxygen atoms in total. The van der Waals surface area contributed by atoms with E-state index in [1.54, 1.807) is 6.07 Å². The number of phenols is 2. The van der Waals surface area contributed by atoms with Crippen molar-refractivity contribution in [1.82, 2.24) is 0 Å². The van der Waals surface area contributed by atoms with Crippen molar-refractivity contribution < 1.29 is 69.3 Å². The van der Waals surface area contributed by atoms with E-state index in [1.165, 1.54) is 50.5 Å². The lowest BCUT2D eigenvalue weighted by atomic mass is 9.98. The first kappa shape index (κ1) is 31.6. The van der Waals surface area contributed by atoms with Crippen LogP contribution in [0.1, 0.15) is 22.8 Å². The number of methoxy groups -OCH3 is 1. The van der Waals surface area contributed by atoms with Gasteiger partial charge in [0.1, 0.15) is 54.2 Å². The summed E-state index contributed by atoms with van der Waals surface area (Å²) in [4.78, 5) is 12.6. The fourth-order valence-electron chi connectivity index (χ4n) is 4.49. The molecule has 2 heterocycles. The van der Waals surface area contributed by atoms with Crippen molar-refractivity contribution in [2.24, 2.45) is 0 Å². The summed E-state index contributed by atoms with van der Waals surface area (Å²) in [6, 6.07) is 8.24. The molecule has 230 valence electrons. The molecule has 2 aromatic rings. The molecule has 2 saturated heterocycles. The van der Waals surface area contributed by atoms with E-state index in [0.717, 1.165) is 6.07 Å². The van der Waals surface area contributed by atoms with Gasteiger partial charge in [-0.2, -0.15) is 0 Å². The highest BCUT2D eigenvalue weighted by molar-refractivity contribution is 6.08. The molecule has 0 bridgehead atoms. The molecule has 2 aromatic carbocycles. The molecule has 10 atom stereocenters. The Morgan fingerprint density at radius 1 is 0.833 bits per heavy atom. The van der Waals surface area contributed by atoms with Gasteiger partial charge in [-0.05, 0) is 42.8 Å². The number of phenolic OH excluding ortho intramolecular Hbond substituents is 2. The number of carbonyl (C=O) groups is 1. The van der Waals surface area contributed by atoms with Crippen LogP contribution < -0.4 is 9.47 Å². The summed E-state index contributed by atoms with van der Waals surface area (Å²) in [5.41, 5.74) is 0.437. The Hall–Kier alpha value is -3.31. The van der Waals surface area contributed by atoms with Crippen LogP contribution in [-0.2, 0) is 14.2 Å². The molecule has 2 aliphatic rings. The van der Waals surface area contributed by atoms with Crippen LogP contribution in [0.15, 0.2) is 42.5 Å². The smallest absolute Gasteiger partial charge is 0.229 e. The van der Waals surface area contributed by atoms with E-state index in [2.05, 4.69) is 0 Å². The van der Waals surface area contributed by atoms with E-state index < -0.39 is 79.6 Å². The molecule has 0 amide bonds. The van der Waals surface area contributed by atoms with E-state index in [0.29, 0.717) is 5.56 Å². The van der Waals surface area contributed by atoms with Crippen molar-refractivity contribution in [3.63, 3.8) is 0 Å². The predicted octanol–water partition coefficient (Wildman–Crippen LogP) is -0.967. The number of hydrogen-bond acceptors (Lipinski definition) is 14. The van der Waals surface area contributed by atoms with Gasteiger partial charge in [0.05, 0.1) is 25.4 Å². The summed E-state index contributed by atoms with van der Waals surface area (Å²) in [5, 5.41) is 81.4. The molecule has 0 spiro atoms. The lowest BCUT2D eigenvalue weighted by Crippen LogP contribution is -2.61. The van der Waals surface area contributed by atoms with Crippen molar-refractivity contribution in [3.05, 3.63) is 53.6 Å². The zero-order valence-electron chi connectivity index (χ0n) is 22.6. The van der Waals surface area contributed by atoms with Crippen molar-refractivity contribution in [1.29, 1.82) is 0 Å². The lowest BCUT2D eigenvalue weighted by Gasteiger charge is -2.42. The van der Waals surface area contributed by atoms with Crippen molar-refractivity contribution in [3.8, 4) is 23.0 Å². The first-order chi connectivity index (χ1) is 19.9. The van der Waals surface area contributed by atoms with Gasteiger partial charge < -0.3 is 64.5 Å². The van der Waals surface area contributed by atoms with Crippen LogP contribution in [0.3, 0.4) is 0 Å². The minimum atomic E-state index is -1.74. The number of ketones is 1. The quantitative estimate of drug-likeness (QED) is 0.129. The highest BCUT2D eigenvalue weighted by Gasteiger charge is 2.47. The van der Waals surface area contributed by atoms with Crippen LogP contribution in [-0.4, -0.2) is 122 Å². The van der Waals surface area contributed by atoms with E-state index in [9.17, 15) is 45.6 Å². The molecule has 4 rings (SSSR count). The predicted molar refractivity (Wildman–Crippen MR) is 142 cm³/mol. The Kier molecular flexibility index (Phi) is 10.0. The minimum absolute atomic E-state index is 0.0441. The molecule has 0 radical (unpaired) electrons. The van der Waals surface area contributed by atoms with Gasteiger partial charge in [-0.3, -0.25) is 4.79 Å². The monoisotopic (exact) mass is 594 g/mol. The average Bonchev–Trinajstić information content (AvgIpc) is 2.97. The molecule has 0 aliphatic carbocycles. The fraction of sp³-hybridized carbons (Fsp3) is 0.464. The second-order valence-electron chi connectivity index (χ2n) is 9.96. The number of aromatic hydroxyl groups is 2. The molecule has 0 aromatic heterocycles. The van der Waals surface area contributed by atoms with E-state index in [-0.39, 0.29) is 22.8 Å². The number of carbonyl (C=O) groups excluding carboxylic acids is 1. The Bertz CT molecular complexity index is 1270. The summed E-state index contributed by atoms with van der Waals surface area (Å²) in [6.45, 7) is 0.988. The van der Waals surface area contributed by atoms with Gasteiger partial charge in [0.2, 0.25) is 6.29 Å². The third-order valence-corrected chi connectivity index (χ3v) is 7.02. The topological polar surface area (TPSA) is 225 Å². The van der Waals surface area contributed by atoms with Crippen molar-refractivity contribution in [2.75, 3.05) is 13.7 Å². The number of rotatable bonds is 9. The van der Waals surface area contributed by atoms with Gasteiger partial charge in [-0.15, -0.1) is 0 Å². The van der Waals surface area contributed by atoms with Crippen LogP contribution >= 0.6 is 0 Å². The number of allylic oxidation sites excluding steroid dienone is 1. The summed E-state index contributed by atoms with van der Waals surface area (Å²) < 4.78 is 26.9. The molecule has 8 N–H and O–H groups in total. The molecule has 0 unspecified atom stereocenters. The Balaban J connectivity index is 1.39. The number of ether oxygens (including phenoxy) is 5. The third kappa shape index (κ3) is 6.83. The van der Waals surface area contributed by atoms with Crippen molar-refractivity contribution >= 4 is 11.9 Å². The minimum Gasteiger partial charge on any atom is -0.507 e. The first-order valence-electron chi connectivity index (χ1n) is 13.0. The maximum Gasteiger partial charge on any atom is 0.229 e. The highest BCUT2D eigenvalue weighted by Crippen LogP contribution is 2.30. The number of aliphatic hydroxyl groups is 6. The summed E-state index contributed by atoms with van der Waals surface area (Å²) in [7, 11) is 1.41. The largest absolute Gasteiger partial charge is 0.507 e. The van der Waals surface area contributed by atoms with E-state index in [1.807, 2.05) is 0 Å². The normalized spacial score (nSPS) is 33.4.